The van der Waals surface area contributed by atoms with Crippen LogP contribution in [0.1, 0.15) is 34.5 Å². The van der Waals surface area contributed by atoms with Gasteiger partial charge in [-0.25, -0.2) is 0 Å². The molecule has 0 atom stereocenters. The molecule has 0 aliphatic rings. The molecule has 2 heterocycles. The average Bonchev–Trinajstić information content (AvgIpc) is 3.35. The predicted octanol–water partition coefficient (Wildman–Crippen LogP) is 7.55. The molecule has 0 fully saturated rings. The second-order valence-electron chi connectivity index (χ2n) is 6.17. The summed E-state index contributed by atoms with van der Waals surface area (Å²) in [4.78, 5) is 12.4. The van der Waals surface area contributed by atoms with E-state index in [4.69, 9.17) is 67.2 Å². The summed E-state index contributed by atoms with van der Waals surface area (Å²) in [5.74, 6) is 0.897. The Morgan fingerprint density at radius 2 is 1.73 bits per heavy atom. The monoisotopic (exact) mass is 506 g/mol. The van der Waals surface area contributed by atoms with Crippen LogP contribution in [0.25, 0.3) is 6.08 Å². The van der Waals surface area contributed by atoms with Gasteiger partial charge in [-0.05, 0) is 38.1 Å². The number of aryl methyl sites for hydroxylation is 2. The molecule has 3 aromatic rings. The van der Waals surface area contributed by atoms with Crippen molar-refractivity contribution in [3.8, 4) is 5.75 Å². The van der Waals surface area contributed by atoms with Gasteiger partial charge >= 0.3 is 0 Å². The quantitative estimate of drug-likeness (QED) is 0.143. The van der Waals surface area contributed by atoms with Crippen LogP contribution in [0.3, 0.4) is 0 Å². The fourth-order valence-corrected chi connectivity index (χ4v) is 3.82. The van der Waals surface area contributed by atoms with E-state index in [1.807, 2.05) is 6.92 Å². The molecular weight excluding hydrogens is 493 g/mol. The molecule has 0 bridgehead atoms. The summed E-state index contributed by atoms with van der Waals surface area (Å²) in [6, 6.07) is 3.40. The number of ether oxygens (including phenoxy) is 1. The number of carbonyl (C=O) groups is 1. The van der Waals surface area contributed by atoms with E-state index >= 15 is 0 Å². The Hall–Kier alpha value is -1.63. The van der Waals surface area contributed by atoms with Gasteiger partial charge in [0.1, 0.15) is 28.2 Å². The van der Waals surface area contributed by atoms with Gasteiger partial charge in [-0.15, -0.1) is 0 Å². The standard InChI is InChI=1S/C20H15Cl5N2O3/c1-3-27-8-13(10(2)26-27)14(28)7-6-11-4-5-12(30-11)9-29-20-18(24)16(22)15(21)17(23)19(20)25/h4-8H,3,9H2,1-2H3/b7-6+. The summed E-state index contributed by atoms with van der Waals surface area (Å²) in [5, 5.41) is 4.52. The molecular formula is C20H15Cl5N2O3. The number of hydrogen-bond acceptors (Lipinski definition) is 4. The second kappa shape index (κ2) is 9.67. The Morgan fingerprint density at radius 1 is 1.10 bits per heavy atom. The first kappa shape index (κ1) is 23.0. The minimum atomic E-state index is -0.162. The van der Waals surface area contributed by atoms with E-state index in [2.05, 4.69) is 5.10 Å². The van der Waals surface area contributed by atoms with Gasteiger partial charge in [0.25, 0.3) is 0 Å². The lowest BCUT2D eigenvalue weighted by Gasteiger charge is -2.12. The molecule has 0 aliphatic carbocycles. The molecule has 1 aromatic carbocycles. The van der Waals surface area contributed by atoms with Crippen molar-refractivity contribution in [3.63, 3.8) is 0 Å². The summed E-state index contributed by atoms with van der Waals surface area (Å²) in [6.45, 7) is 4.45. The van der Waals surface area contributed by atoms with Gasteiger partial charge in [0, 0.05) is 12.7 Å². The Labute approximate surface area is 198 Å². The normalized spacial score (nSPS) is 11.4. The number of halogens is 5. The van der Waals surface area contributed by atoms with Crippen LogP contribution >= 0.6 is 58.0 Å². The largest absolute Gasteiger partial charge is 0.482 e. The van der Waals surface area contributed by atoms with Gasteiger partial charge in [-0.3, -0.25) is 9.48 Å². The van der Waals surface area contributed by atoms with Crippen LogP contribution in [0.2, 0.25) is 25.1 Å². The van der Waals surface area contributed by atoms with Crippen LogP contribution in [0.15, 0.2) is 28.8 Å². The van der Waals surface area contributed by atoms with Crippen molar-refractivity contribution in [2.24, 2.45) is 0 Å². The smallest absolute Gasteiger partial charge is 0.189 e. The van der Waals surface area contributed by atoms with Crippen molar-refractivity contribution >= 4 is 69.9 Å². The number of carbonyl (C=O) groups excluding carboxylic acids is 1. The Kier molecular flexibility index (Phi) is 7.43. The van der Waals surface area contributed by atoms with E-state index in [9.17, 15) is 4.79 Å². The number of aromatic nitrogens is 2. The third kappa shape index (κ3) is 4.82. The zero-order chi connectivity index (χ0) is 22.0. The van der Waals surface area contributed by atoms with Crippen molar-refractivity contribution in [2.75, 3.05) is 0 Å². The molecule has 30 heavy (non-hydrogen) atoms. The first-order valence-corrected chi connectivity index (χ1v) is 10.6. The number of nitrogens with zero attached hydrogens (tertiary/aromatic N) is 2. The molecule has 5 nitrogen and oxygen atoms in total. The number of furan rings is 1. The molecule has 0 saturated carbocycles. The van der Waals surface area contributed by atoms with Gasteiger partial charge in [0.15, 0.2) is 11.5 Å². The second-order valence-corrected chi connectivity index (χ2v) is 8.06. The van der Waals surface area contributed by atoms with Crippen LogP contribution in [-0.2, 0) is 13.2 Å². The molecule has 0 unspecified atom stereocenters. The predicted molar refractivity (Wildman–Crippen MR) is 121 cm³/mol. The Bertz CT molecular complexity index is 1100. The molecule has 3 rings (SSSR count). The molecule has 10 heteroatoms. The van der Waals surface area contributed by atoms with Crippen molar-refractivity contribution in [1.29, 1.82) is 0 Å². The number of rotatable bonds is 7. The number of hydrogen-bond donors (Lipinski definition) is 0. The van der Waals surface area contributed by atoms with Crippen molar-refractivity contribution in [2.45, 2.75) is 27.0 Å². The summed E-state index contributed by atoms with van der Waals surface area (Å²) in [6.07, 6.45) is 4.73. The third-order valence-electron chi connectivity index (χ3n) is 4.15. The van der Waals surface area contributed by atoms with Crippen molar-refractivity contribution in [3.05, 3.63) is 72.3 Å². The molecule has 0 radical (unpaired) electrons. The zero-order valence-corrected chi connectivity index (χ0v) is 19.6. The molecule has 0 N–H and O–H groups in total. The lowest BCUT2D eigenvalue weighted by atomic mass is 10.1. The average molecular weight is 509 g/mol. The van der Waals surface area contributed by atoms with Crippen LogP contribution in [0, 0.1) is 6.92 Å². The number of ketones is 1. The van der Waals surface area contributed by atoms with Gasteiger partial charge in [-0.1, -0.05) is 58.0 Å². The number of benzene rings is 1. The minimum Gasteiger partial charge on any atom is -0.482 e. The van der Waals surface area contributed by atoms with Gasteiger partial charge in [-0.2, -0.15) is 5.10 Å². The van der Waals surface area contributed by atoms with Crippen LogP contribution in [0.4, 0.5) is 0 Å². The SMILES string of the molecule is CCn1cc(C(=O)/C=C/c2ccc(COc3c(Cl)c(Cl)c(Cl)c(Cl)c3Cl)o2)c(C)n1. The van der Waals surface area contributed by atoms with Gasteiger partial charge < -0.3 is 9.15 Å². The third-order valence-corrected chi connectivity index (χ3v) is 6.39. The highest BCUT2D eigenvalue weighted by Crippen LogP contribution is 2.48. The molecule has 0 saturated heterocycles. The zero-order valence-electron chi connectivity index (χ0n) is 15.8. The Morgan fingerprint density at radius 3 is 2.33 bits per heavy atom. The fraction of sp³-hybridized carbons (Fsp3) is 0.200. The highest BCUT2D eigenvalue weighted by molar-refractivity contribution is 6.55. The van der Waals surface area contributed by atoms with Gasteiger partial charge in [0.2, 0.25) is 0 Å². The molecule has 2 aromatic heterocycles. The highest BCUT2D eigenvalue weighted by Gasteiger charge is 2.21. The van der Waals surface area contributed by atoms with Crippen LogP contribution < -0.4 is 4.74 Å². The first-order valence-electron chi connectivity index (χ1n) is 8.72. The summed E-state index contributed by atoms with van der Waals surface area (Å²) in [5.41, 5.74) is 1.22. The maximum absolute atomic E-state index is 12.4. The topological polar surface area (TPSA) is 57.3 Å². The molecule has 0 spiro atoms. The van der Waals surface area contributed by atoms with Crippen LogP contribution in [0.5, 0.6) is 5.75 Å². The number of allylic oxidation sites excluding steroid dienone is 1. The molecule has 0 amide bonds. The first-order chi connectivity index (χ1) is 14.2. The maximum atomic E-state index is 12.4. The summed E-state index contributed by atoms with van der Waals surface area (Å²) < 4.78 is 13.0. The highest BCUT2D eigenvalue weighted by atomic mass is 35.5. The van der Waals surface area contributed by atoms with E-state index < -0.39 is 0 Å². The lowest BCUT2D eigenvalue weighted by molar-refractivity contribution is 0.104. The summed E-state index contributed by atoms with van der Waals surface area (Å²) in [7, 11) is 0. The van der Waals surface area contributed by atoms with E-state index in [0.29, 0.717) is 29.3 Å². The van der Waals surface area contributed by atoms with Crippen molar-refractivity contribution in [1.82, 2.24) is 9.78 Å². The Balaban J connectivity index is 1.70. The van der Waals surface area contributed by atoms with Crippen LogP contribution in [-0.4, -0.2) is 15.6 Å². The van der Waals surface area contributed by atoms with Gasteiger partial charge in [0.05, 0.1) is 26.3 Å². The molecule has 0 aliphatic heterocycles. The van der Waals surface area contributed by atoms with Crippen molar-refractivity contribution < 1.29 is 13.9 Å². The lowest BCUT2D eigenvalue weighted by Crippen LogP contribution is -1.96. The van der Waals surface area contributed by atoms with E-state index in [1.165, 1.54) is 6.08 Å². The maximum Gasteiger partial charge on any atom is 0.189 e. The summed E-state index contributed by atoms with van der Waals surface area (Å²) >= 11 is 30.3. The van der Waals surface area contributed by atoms with E-state index in [1.54, 1.807) is 36.0 Å². The minimum absolute atomic E-state index is 0.0118. The molecule has 158 valence electrons. The fourth-order valence-electron chi connectivity index (χ4n) is 2.59. The van der Waals surface area contributed by atoms with E-state index in [0.717, 1.165) is 0 Å². The van der Waals surface area contributed by atoms with E-state index in [-0.39, 0.29) is 43.3 Å².